The summed E-state index contributed by atoms with van der Waals surface area (Å²) in [6.45, 7) is 10.1. The summed E-state index contributed by atoms with van der Waals surface area (Å²) in [5.41, 5.74) is 0. The van der Waals surface area contributed by atoms with Crippen molar-refractivity contribution in [2.45, 2.75) is 33.2 Å². The van der Waals surface area contributed by atoms with Crippen molar-refractivity contribution in [3.63, 3.8) is 0 Å². The normalized spacial score (nSPS) is 13.8. The van der Waals surface area contributed by atoms with Crippen molar-refractivity contribution in [2.24, 2.45) is 0 Å². The predicted octanol–water partition coefficient (Wildman–Crippen LogP) is -0.148. The minimum atomic E-state index is -1.08. The van der Waals surface area contributed by atoms with Crippen LogP contribution in [0.4, 0.5) is 0 Å². The van der Waals surface area contributed by atoms with Gasteiger partial charge in [-0.3, -0.25) is 4.90 Å². The van der Waals surface area contributed by atoms with Gasteiger partial charge >= 0.3 is 0 Å². The average Bonchev–Trinajstić information content (AvgIpc) is 2.28. The number of hydrogen-bond acceptors (Lipinski definition) is 4. The first-order chi connectivity index (χ1) is 7.19. The van der Waals surface area contributed by atoms with Crippen LogP contribution in [0.5, 0.6) is 0 Å². The second kappa shape index (κ2) is 9.29. The molecule has 0 saturated carbocycles. The number of rotatable bonds is 9. The Kier molecular flexibility index (Phi) is 9.33. The van der Waals surface area contributed by atoms with E-state index in [9.17, 15) is 0 Å². The maximum Gasteiger partial charge on any atom is 0.264 e. The van der Waals surface area contributed by atoms with E-state index in [2.05, 4.69) is 40.6 Å². The van der Waals surface area contributed by atoms with Gasteiger partial charge in [0.25, 0.3) is 9.28 Å². The standard InChI is InChI=1S/C10H28N4Si/c1-6-10(3)14(7-2)9-8-13-15(11-4)12-5/h10-13,15H,6-9H2,1-5H3. The summed E-state index contributed by atoms with van der Waals surface area (Å²) < 4.78 is 0. The van der Waals surface area contributed by atoms with Gasteiger partial charge < -0.3 is 14.9 Å². The van der Waals surface area contributed by atoms with Crippen molar-refractivity contribution >= 4 is 9.28 Å². The molecule has 4 nitrogen and oxygen atoms in total. The second-order valence-electron chi connectivity index (χ2n) is 3.85. The molecule has 0 amide bonds. The zero-order valence-electron chi connectivity index (χ0n) is 10.9. The summed E-state index contributed by atoms with van der Waals surface area (Å²) in [4.78, 5) is 12.6. The van der Waals surface area contributed by atoms with Crippen LogP contribution in [-0.2, 0) is 0 Å². The van der Waals surface area contributed by atoms with Crippen LogP contribution < -0.4 is 14.9 Å². The van der Waals surface area contributed by atoms with Gasteiger partial charge in [0.1, 0.15) is 0 Å². The Morgan fingerprint density at radius 3 is 2.20 bits per heavy atom. The van der Waals surface area contributed by atoms with Crippen molar-refractivity contribution in [1.29, 1.82) is 0 Å². The number of likely N-dealkylation sites (N-methyl/N-ethyl adjacent to an activating group) is 1. The molecule has 0 heterocycles. The summed E-state index contributed by atoms with van der Waals surface area (Å²) in [6.07, 6.45) is 1.23. The fourth-order valence-corrected chi connectivity index (χ4v) is 2.76. The molecule has 1 atom stereocenters. The summed E-state index contributed by atoms with van der Waals surface area (Å²) in [5.74, 6) is 0. The van der Waals surface area contributed by atoms with Crippen molar-refractivity contribution < 1.29 is 0 Å². The minimum absolute atomic E-state index is 0.695. The van der Waals surface area contributed by atoms with Crippen molar-refractivity contribution in [3.05, 3.63) is 0 Å². The molecule has 0 aliphatic carbocycles. The van der Waals surface area contributed by atoms with Gasteiger partial charge in [-0.1, -0.05) is 13.8 Å². The average molecular weight is 232 g/mol. The lowest BCUT2D eigenvalue weighted by atomic mass is 10.2. The van der Waals surface area contributed by atoms with E-state index in [1.807, 2.05) is 14.1 Å². The Morgan fingerprint density at radius 2 is 1.80 bits per heavy atom. The summed E-state index contributed by atoms with van der Waals surface area (Å²) in [6, 6.07) is 0.695. The smallest absolute Gasteiger partial charge is 0.264 e. The Morgan fingerprint density at radius 1 is 1.20 bits per heavy atom. The first-order valence-corrected chi connectivity index (χ1v) is 7.74. The van der Waals surface area contributed by atoms with Gasteiger partial charge in [0.05, 0.1) is 0 Å². The maximum atomic E-state index is 3.54. The highest BCUT2D eigenvalue weighted by Gasteiger charge is 2.10. The highest BCUT2D eigenvalue weighted by molar-refractivity contribution is 6.50. The molecular formula is C10H28N4Si. The Labute approximate surface area is 96.7 Å². The molecule has 1 unspecified atom stereocenters. The lowest BCUT2D eigenvalue weighted by Gasteiger charge is -2.27. The molecule has 15 heavy (non-hydrogen) atoms. The van der Waals surface area contributed by atoms with E-state index in [1.54, 1.807) is 0 Å². The molecule has 0 spiro atoms. The maximum absolute atomic E-state index is 3.54. The third-order valence-electron chi connectivity index (χ3n) is 2.95. The van der Waals surface area contributed by atoms with E-state index in [0.29, 0.717) is 6.04 Å². The van der Waals surface area contributed by atoms with Gasteiger partial charge in [0, 0.05) is 19.1 Å². The fourth-order valence-electron chi connectivity index (χ4n) is 1.65. The first kappa shape index (κ1) is 15.1. The molecule has 0 radical (unpaired) electrons. The van der Waals surface area contributed by atoms with E-state index < -0.39 is 9.28 Å². The van der Waals surface area contributed by atoms with Crippen molar-refractivity contribution in [2.75, 3.05) is 33.7 Å². The molecule has 0 aromatic heterocycles. The molecule has 92 valence electrons. The summed E-state index contributed by atoms with van der Waals surface area (Å²) in [5, 5.41) is 0. The monoisotopic (exact) mass is 232 g/mol. The molecule has 0 aliphatic rings. The Hall–Kier alpha value is 0.0569. The van der Waals surface area contributed by atoms with Gasteiger partial charge in [-0.05, 0) is 34.0 Å². The van der Waals surface area contributed by atoms with Crippen LogP contribution in [-0.4, -0.2) is 54.0 Å². The highest BCUT2D eigenvalue weighted by atomic mass is 28.3. The second-order valence-corrected chi connectivity index (χ2v) is 6.28. The lowest BCUT2D eigenvalue weighted by Crippen LogP contribution is -2.57. The van der Waals surface area contributed by atoms with Crippen LogP contribution in [0, 0.1) is 0 Å². The van der Waals surface area contributed by atoms with Crippen molar-refractivity contribution in [1.82, 2.24) is 19.8 Å². The number of hydrogen-bond donors (Lipinski definition) is 3. The molecule has 0 aromatic rings. The molecule has 5 heteroatoms. The van der Waals surface area contributed by atoms with Crippen LogP contribution in [0.15, 0.2) is 0 Å². The molecule has 0 aromatic carbocycles. The first-order valence-electron chi connectivity index (χ1n) is 6.01. The predicted molar refractivity (Wildman–Crippen MR) is 70.3 cm³/mol. The van der Waals surface area contributed by atoms with Gasteiger partial charge in [0.2, 0.25) is 0 Å². The molecule has 0 saturated heterocycles. The molecule has 0 bridgehead atoms. The van der Waals surface area contributed by atoms with Crippen LogP contribution in [0.1, 0.15) is 27.2 Å². The van der Waals surface area contributed by atoms with E-state index in [-0.39, 0.29) is 0 Å². The SMILES string of the molecule is CCC(C)N(CC)CCN[SiH](NC)NC. The summed E-state index contributed by atoms with van der Waals surface area (Å²) >= 11 is 0. The van der Waals surface area contributed by atoms with Gasteiger partial charge in [-0.2, -0.15) is 0 Å². The molecule has 0 aliphatic heterocycles. The topological polar surface area (TPSA) is 39.3 Å². The van der Waals surface area contributed by atoms with Crippen LogP contribution in [0.3, 0.4) is 0 Å². The van der Waals surface area contributed by atoms with E-state index >= 15 is 0 Å². The van der Waals surface area contributed by atoms with E-state index in [0.717, 1.165) is 19.6 Å². The molecule has 0 fully saturated rings. The molecule has 0 rings (SSSR count). The third-order valence-corrected chi connectivity index (χ3v) is 4.80. The minimum Gasteiger partial charge on any atom is -0.319 e. The zero-order chi connectivity index (χ0) is 11.7. The lowest BCUT2D eigenvalue weighted by molar-refractivity contribution is 0.218. The molecular weight excluding hydrogens is 204 g/mol. The zero-order valence-corrected chi connectivity index (χ0v) is 12.1. The third kappa shape index (κ3) is 6.27. The highest BCUT2D eigenvalue weighted by Crippen LogP contribution is 2.01. The Balaban J connectivity index is 3.71. The Bertz CT molecular complexity index is 141. The van der Waals surface area contributed by atoms with Crippen LogP contribution >= 0.6 is 0 Å². The quantitative estimate of drug-likeness (QED) is 0.484. The van der Waals surface area contributed by atoms with Crippen molar-refractivity contribution in [3.8, 4) is 0 Å². The molecule has 3 N–H and O–H groups in total. The van der Waals surface area contributed by atoms with E-state index in [1.165, 1.54) is 6.42 Å². The summed E-state index contributed by atoms with van der Waals surface area (Å²) in [7, 11) is 2.93. The van der Waals surface area contributed by atoms with Gasteiger partial charge in [-0.25, -0.2) is 0 Å². The van der Waals surface area contributed by atoms with Gasteiger partial charge in [0.15, 0.2) is 0 Å². The fraction of sp³-hybridized carbons (Fsp3) is 1.00. The largest absolute Gasteiger partial charge is 0.319 e. The van der Waals surface area contributed by atoms with E-state index in [4.69, 9.17) is 0 Å². The van der Waals surface area contributed by atoms with Gasteiger partial charge in [-0.15, -0.1) is 0 Å². The van der Waals surface area contributed by atoms with Crippen LogP contribution in [0.25, 0.3) is 0 Å². The van der Waals surface area contributed by atoms with Crippen LogP contribution in [0.2, 0.25) is 0 Å². The number of nitrogens with zero attached hydrogens (tertiary/aromatic N) is 1. The number of nitrogens with one attached hydrogen (secondary N) is 3.